The lowest BCUT2D eigenvalue weighted by Gasteiger charge is -2.34. The molecule has 1 aromatic heterocycles. The number of ether oxygens (including phenoxy) is 1. The highest BCUT2D eigenvalue weighted by atomic mass is 16.5. The Morgan fingerprint density at radius 3 is 2.64 bits per heavy atom. The molecule has 0 radical (unpaired) electrons. The van der Waals surface area contributed by atoms with Crippen molar-refractivity contribution in [1.82, 2.24) is 19.8 Å². The molecule has 0 atom stereocenters. The molecule has 0 N–H and O–H groups in total. The van der Waals surface area contributed by atoms with Crippen LogP contribution < -0.4 is 9.64 Å². The minimum atomic E-state index is 0.735. The molecule has 2 aliphatic rings. The predicted molar refractivity (Wildman–Crippen MR) is 100 cm³/mol. The van der Waals surface area contributed by atoms with Gasteiger partial charge in [-0.2, -0.15) is 0 Å². The van der Waals surface area contributed by atoms with E-state index in [9.17, 15) is 0 Å². The maximum Gasteiger partial charge on any atom is 0.123 e. The number of likely N-dealkylation sites (N-methyl/N-ethyl adjacent to an activating group) is 1. The summed E-state index contributed by atoms with van der Waals surface area (Å²) in [5.41, 5.74) is 2.16. The van der Waals surface area contributed by atoms with Gasteiger partial charge in [0, 0.05) is 56.4 Å². The van der Waals surface area contributed by atoms with E-state index in [1.165, 1.54) is 31.6 Å². The van der Waals surface area contributed by atoms with Gasteiger partial charge in [-0.15, -0.1) is 0 Å². The van der Waals surface area contributed by atoms with Gasteiger partial charge < -0.3 is 14.5 Å². The molecule has 2 aromatic rings. The van der Waals surface area contributed by atoms with E-state index in [1.807, 2.05) is 12.3 Å². The first-order valence-electron chi connectivity index (χ1n) is 9.32. The van der Waals surface area contributed by atoms with Gasteiger partial charge in [-0.05, 0) is 33.0 Å². The minimum absolute atomic E-state index is 0.735. The minimum Gasteiger partial charge on any atom is -0.492 e. The maximum atomic E-state index is 6.09. The van der Waals surface area contributed by atoms with E-state index in [4.69, 9.17) is 4.74 Å². The van der Waals surface area contributed by atoms with Gasteiger partial charge in [-0.3, -0.25) is 4.90 Å². The second-order valence-electron chi connectivity index (χ2n) is 7.09. The summed E-state index contributed by atoms with van der Waals surface area (Å²) in [6.07, 6.45) is 6.18. The highest BCUT2D eigenvalue weighted by Gasteiger charge is 2.18. The summed E-state index contributed by atoms with van der Waals surface area (Å²) in [6.45, 7) is 8.37. The Morgan fingerprint density at radius 2 is 1.84 bits per heavy atom. The van der Waals surface area contributed by atoms with E-state index in [2.05, 4.69) is 37.8 Å². The van der Waals surface area contributed by atoms with Gasteiger partial charge in [0.2, 0.25) is 0 Å². The molecule has 0 bridgehead atoms. The first-order valence-corrected chi connectivity index (χ1v) is 9.32. The van der Waals surface area contributed by atoms with Crippen LogP contribution in [-0.2, 0) is 0 Å². The monoisotopic (exact) mass is 341 g/mol. The number of benzene rings is 1. The van der Waals surface area contributed by atoms with Gasteiger partial charge in [-0.25, -0.2) is 9.97 Å². The van der Waals surface area contributed by atoms with E-state index in [-0.39, 0.29) is 0 Å². The van der Waals surface area contributed by atoms with Crippen LogP contribution in [0, 0.1) is 0 Å². The molecule has 2 fully saturated rings. The third-order valence-electron chi connectivity index (χ3n) is 5.30. The number of fused-ring (bicyclic) bond motifs is 1. The fraction of sp³-hybridized carbons (Fsp3) is 0.579. The van der Waals surface area contributed by atoms with Gasteiger partial charge in [-0.1, -0.05) is 0 Å². The lowest BCUT2D eigenvalue weighted by molar-refractivity contribution is 0.238. The largest absolute Gasteiger partial charge is 0.492 e. The number of likely N-dealkylation sites (tertiary alicyclic amines) is 1. The van der Waals surface area contributed by atoms with Gasteiger partial charge in [0.1, 0.15) is 18.7 Å². The SMILES string of the molecule is CN1CCN(c2cc(OCCN3CCCC3)cc3ncncc23)CC1. The van der Waals surface area contributed by atoms with Gasteiger partial charge in [0.05, 0.1) is 11.2 Å². The first-order chi connectivity index (χ1) is 12.3. The Morgan fingerprint density at radius 1 is 1.04 bits per heavy atom. The van der Waals surface area contributed by atoms with Crippen molar-refractivity contribution in [3.8, 4) is 5.75 Å². The number of nitrogens with zero attached hydrogens (tertiary/aromatic N) is 5. The first kappa shape index (κ1) is 16.5. The predicted octanol–water partition coefficient (Wildman–Crippen LogP) is 1.86. The Bertz CT molecular complexity index is 708. The average Bonchev–Trinajstić information content (AvgIpc) is 3.15. The van der Waals surface area contributed by atoms with Crippen LogP contribution in [0.5, 0.6) is 5.75 Å². The molecule has 6 nitrogen and oxygen atoms in total. The quantitative estimate of drug-likeness (QED) is 0.827. The molecule has 0 spiro atoms. The van der Waals surface area contributed by atoms with Crippen molar-refractivity contribution < 1.29 is 4.74 Å². The molecule has 3 heterocycles. The van der Waals surface area contributed by atoms with Crippen LogP contribution >= 0.6 is 0 Å². The Hall–Kier alpha value is -1.92. The van der Waals surface area contributed by atoms with E-state index < -0.39 is 0 Å². The van der Waals surface area contributed by atoms with Crippen LogP contribution in [0.15, 0.2) is 24.7 Å². The van der Waals surface area contributed by atoms with Crippen LogP contribution in [0.2, 0.25) is 0 Å². The lowest BCUT2D eigenvalue weighted by atomic mass is 10.1. The molecule has 0 unspecified atom stereocenters. The number of hydrogen-bond donors (Lipinski definition) is 0. The maximum absolute atomic E-state index is 6.09. The van der Waals surface area contributed by atoms with Crippen molar-refractivity contribution in [2.24, 2.45) is 0 Å². The zero-order chi connectivity index (χ0) is 17.1. The summed E-state index contributed by atoms with van der Waals surface area (Å²) in [7, 11) is 2.18. The molecular weight excluding hydrogens is 314 g/mol. The fourth-order valence-electron chi connectivity index (χ4n) is 3.73. The molecular formula is C19H27N5O. The number of piperazine rings is 1. The zero-order valence-corrected chi connectivity index (χ0v) is 15.0. The Balaban J connectivity index is 1.53. The van der Waals surface area contributed by atoms with Crippen molar-refractivity contribution in [2.75, 3.05) is 64.4 Å². The summed E-state index contributed by atoms with van der Waals surface area (Å²) in [6, 6.07) is 4.21. The fourth-order valence-corrected chi connectivity index (χ4v) is 3.73. The lowest BCUT2D eigenvalue weighted by Crippen LogP contribution is -2.44. The number of rotatable bonds is 5. The van der Waals surface area contributed by atoms with E-state index in [1.54, 1.807) is 6.33 Å². The van der Waals surface area contributed by atoms with Crippen LogP contribution in [0.25, 0.3) is 10.9 Å². The van der Waals surface area contributed by atoms with Crippen LogP contribution in [0.4, 0.5) is 5.69 Å². The van der Waals surface area contributed by atoms with Gasteiger partial charge in [0.25, 0.3) is 0 Å². The van der Waals surface area contributed by atoms with Crippen molar-refractivity contribution >= 4 is 16.6 Å². The number of hydrogen-bond acceptors (Lipinski definition) is 6. The molecule has 25 heavy (non-hydrogen) atoms. The second-order valence-corrected chi connectivity index (χ2v) is 7.09. The van der Waals surface area contributed by atoms with Gasteiger partial charge >= 0.3 is 0 Å². The summed E-state index contributed by atoms with van der Waals surface area (Å²) < 4.78 is 6.09. The molecule has 4 rings (SSSR count). The normalized spacial score (nSPS) is 19.6. The second kappa shape index (κ2) is 7.54. The van der Waals surface area contributed by atoms with Crippen molar-refractivity contribution in [3.63, 3.8) is 0 Å². The summed E-state index contributed by atoms with van der Waals surface area (Å²) in [5, 5.41) is 1.11. The average molecular weight is 341 g/mol. The molecule has 2 saturated heterocycles. The smallest absolute Gasteiger partial charge is 0.123 e. The molecule has 0 aliphatic carbocycles. The summed E-state index contributed by atoms with van der Waals surface area (Å²) in [4.78, 5) is 16.0. The molecule has 1 aromatic carbocycles. The third-order valence-corrected chi connectivity index (χ3v) is 5.30. The van der Waals surface area contributed by atoms with E-state index in [0.717, 1.165) is 56.0 Å². The Labute approximate surface area is 149 Å². The van der Waals surface area contributed by atoms with Crippen LogP contribution in [-0.4, -0.2) is 79.2 Å². The summed E-state index contributed by atoms with van der Waals surface area (Å²) >= 11 is 0. The number of aromatic nitrogens is 2. The molecule has 134 valence electrons. The molecule has 0 amide bonds. The summed E-state index contributed by atoms with van der Waals surface area (Å²) in [5.74, 6) is 0.916. The third kappa shape index (κ3) is 3.85. The molecule has 2 aliphatic heterocycles. The van der Waals surface area contributed by atoms with Crippen molar-refractivity contribution in [1.29, 1.82) is 0 Å². The van der Waals surface area contributed by atoms with Crippen LogP contribution in [0.1, 0.15) is 12.8 Å². The van der Waals surface area contributed by atoms with Gasteiger partial charge in [0.15, 0.2) is 0 Å². The topological polar surface area (TPSA) is 44.7 Å². The van der Waals surface area contributed by atoms with E-state index in [0.29, 0.717) is 0 Å². The van der Waals surface area contributed by atoms with E-state index >= 15 is 0 Å². The molecule has 0 saturated carbocycles. The van der Waals surface area contributed by atoms with Crippen molar-refractivity contribution in [2.45, 2.75) is 12.8 Å². The Kier molecular flexibility index (Phi) is 4.99. The zero-order valence-electron chi connectivity index (χ0n) is 15.0. The number of anilines is 1. The standard InChI is InChI=1S/C19H27N5O/c1-22-6-8-24(9-7-22)19-13-16(12-18-17(19)14-20-15-21-18)25-11-10-23-4-2-3-5-23/h12-15H,2-11H2,1H3. The van der Waals surface area contributed by atoms with Crippen molar-refractivity contribution in [3.05, 3.63) is 24.7 Å². The van der Waals surface area contributed by atoms with Crippen LogP contribution in [0.3, 0.4) is 0 Å². The highest BCUT2D eigenvalue weighted by molar-refractivity contribution is 5.92. The highest BCUT2D eigenvalue weighted by Crippen LogP contribution is 2.31. The molecule has 6 heteroatoms.